The van der Waals surface area contributed by atoms with Crippen molar-refractivity contribution in [2.24, 2.45) is 11.3 Å². The lowest BCUT2D eigenvalue weighted by Gasteiger charge is -2.29. The molecule has 1 aromatic rings. The van der Waals surface area contributed by atoms with Crippen molar-refractivity contribution in [2.45, 2.75) is 53.0 Å². The van der Waals surface area contributed by atoms with E-state index < -0.39 is 5.41 Å². The van der Waals surface area contributed by atoms with Crippen LogP contribution in [0.1, 0.15) is 58.6 Å². The molecule has 3 heteroatoms. The van der Waals surface area contributed by atoms with Gasteiger partial charge in [-0.25, -0.2) is 0 Å². The first-order valence-electron chi connectivity index (χ1n) is 7.78. The second kappa shape index (κ2) is 6.00. The first kappa shape index (κ1) is 15.7. The van der Waals surface area contributed by atoms with Gasteiger partial charge >= 0.3 is 0 Å². The summed E-state index contributed by atoms with van der Waals surface area (Å²) in [4.78, 5) is 26.9. The number of nitrogens with zero attached hydrogens (tertiary/aromatic N) is 1. The number of amides is 2. The lowest BCUT2D eigenvalue weighted by molar-refractivity contribution is -0.150. The average Bonchev–Trinajstić information content (AvgIpc) is 2.76. The number of likely N-dealkylation sites (tertiary alicyclic amines) is 1. The fraction of sp³-hybridized carbons (Fsp3) is 0.556. The third-order valence-electron chi connectivity index (χ3n) is 4.09. The van der Waals surface area contributed by atoms with Crippen LogP contribution in [0, 0.1) is 11.3 Å². The molecule has 1 aromatic carbocycles. The van der Waals surface area contributed by atoms with Crippen LogP contribution < -0.4 is 0 Å². The van der Waals surface area contributed by atoms with E-state index in [4.69, 9.17) is 0 Å². The Balaban J connectivity index is 2.36. The lowest BCUT2D eigenvalue weighted by atomic mass is 9.93. The summed E-state index contributed by atoms with van der Waals surface area (Å²) in [6.45, 7) is 7.70. The zero-order valence-electron chi connectivity index (χ0n) is 13.4. The fourth-order valence-corrected chi connectivity index (χ4v) is 2.98. The second-order valence-corrected chi connectivity index (χ2v) is 6.91. The number of hydrogen-bond acceptors (Lipinski definition) is 2. The fourth-order valence-electron chi connectivity index (χ4n) is 2.98. The third-order valence-corrected chi connectivity index (χ3v) is 4.09. The first-order chi connectivity index (χ1) is 9.86. The van der Waals surface area contributed by atoms with Crippen molar-refractivity contribution in [3.05, 3.63) is 35.9 Å². The normalized spacial score (nSPS) is 22.7. The van der Waals surface area contributed by atoms with Crippen molar-refractivity contribution in [1.29, 1.82) is 0 Å². The molecule has 0 aromatic heterocycles. The standard InChI is InChI=1S/C18H25NO2/c1-5-9-14-12-15(13-10-7-6-8-11-13)19(16(14)20)17(21)18(2,3)4/h6-8,10-11,14-15H,5,9,12H2,1-4H3/t14-,15+/m1/s1. The van der Waals surface area contributed by atoms with Gasteiger partial charge in [-0.05, 0) is 18.4 Å². The summed E-state index contributed by atoms with van der Waals surface area (Å²) in [5.74, 6) is -0.0860. The number of hydrogen-bond donors (Lipinski definition) is 0. The molecule has 2 amide bonds. The highest BCUT2D eigenvalue weighted by Crippen LogP contribution is 2.40. The topological polar surface area (TPSA) is 37.4 Å². The molecule has 1 saturated heterocycles. The van der Waals surface area contributed by atoms with Crippen LogP contribution in [0.2, 0.25) is 0 Å². The molecule has 2 atom stereocenters. The van der Waals surface area contributed by atoms with Crippen LogP contribution in [0.3, 0.4) is 0 Å². The lowest BCUT2D eigenvalue weighted by Crippen LogP contribution is -2.42. The highest BCUT2D eigenvalue weighted by Gasteiger charge is 2.45. The largest absolute Gasteiger partial charge is 0.274 e. The van der Waals surface area contributed by atoms with Crippen LogP contribution >= 0.6 is 0 Å². The van der Waals surface area contributed by atoms with E-state index in [1.165, 1.54) is 4.90 Å². The van der Waals surface area contributed by atoms with Gasteiger partial charge in [0.25, 0.3) is 0 Å². The summed E-state index contributed by atoms with van der Waals surface area (Å²) in [5, 5.41) is 0. The van der Waals surface area contributed by atoms with E-state index in [0.29, 0.717) is 0 Å². The molecule has 0 saturated carbocycles. The Labute approximate surface area is 127 Å². The minimum absolute atomic E-state index is 0.00521. The van der Waals surface area contributed by atoms with Crippen LogP contribution in [-0.4, -0.2) is 16.7 Å². The smallest absolute Gasteiger partial charge is 0.235 e. The van der Waals surface area contributed by atoms with Gasteiger partial charge < -0.3 is 0 Å². The molecule has 1 heterocycles. The molecule has 0 unspecified atom stereocenters. The second-order valence-electron chi connectivity index (χ2n) is 6.91. The van der Waals surface area contributed by atoms with Crippen LogP contribution in [0.4, 0.5) is 0 Å². The maximum atomic E-state index is 12.7. The van der Waals surface area contributed by atoms with E-state index in [2.05, 4.69) is 6.92 Å². The monoisotopic (exact) mass is 287 g/mol. The van der Waals surface area contributed by atoms with Crippen molar-refractivity contribution in [3.8, 4) is 0 Å². The highest BCUT2D eigenvalue weighted by atomic mass is 16.2. The highest BCUT2D eigenvalue weighted by molar-refractivity contribution is 6.00. The molecule has 1 fully saturated rings. The summed E-state index contributed by atoms with van der Waals surface area (Å²) in [7, 11) is 0. The maximum absolute atomic E-state index is 12.7. The van der Waals surface area contributed by atoms with E-state index >= 15 is 0 Å². The average molecular weight is 287 g/mol. The number of imide groups is 1. The van der Waals surface area contributed by atoms with Crippen molar-refractivity contribution < 1.29 is 9.59 Å². The molecule has 1 aliphatic heterocycles. The molecule has 0 bridgehead atoms. The van der Waals surface area contributed by atoms with E-state index in [-0.39, 0.29) is 23.8 Å². The van der Waals surface area contributed by atoms with E-state index in [1.807, 2.05) is 51.1 Å². The minimum atomic E-state index is -0.538. The van der Waals surface area contributed by atoms with Crippen molar-refractivity contribution in [3.63, 3.8) is 0 Å². The van der Waals surface area contributed by atoms with E-state index in [9.17, 15) is 9.59 Å². The first-order valence-corrected chi connectivity index (χ1v) is 7.78. The van der Waals surface area contributed by atoms with Gasteiger partial charge in [-0.15, -0.1) is 0 Å². The molecule has 1 aliphatic rings. The molecular formula is C18H25NO2. The van der Waals surface area contributed by atoms with Crippen LogP contribution in [0.5, 0.6) is 0 Å². The Morgan fingerprint density at radius 1 is 1.24 bits per heavy atom. The molecule has 0 spiro atoms. The van der Waals surface area contributed by atoms with Gasteiger partial charge in [0.05, 0.1) is 6.04 Å². The molecular weight excluding hydrogens is 262 g/mol. The summed E-state index contributed by atoms with van der Waals surface area (Å²) in [6, 6.07) is 9.80. The van der Waals surface area contributed by atoms with Crippen LogP contribution in [0.15, 0.2) is 30.3 Å². The third kappa shape index (κ3) is 3.17. The maximum Gasteiger partial charge on any atom is 0.235 e. The van der Waals surface area contributed by atoms with Gasteiger partial charge in [-0.2, -0.15) is 0 Å². The van der Waals surface area contributed by atoms with Crippen molar-refractivity contribution >= 4 is 11.8 Å². The molecule has 0 radical (unpaired) electrons. The Morgan fingerprint density at radius 2 is 1.86 bits per heavy atom. The summed E-state index contributed by atoms with van der Waals surface area (Å²) in [5.41, 5.74) is 0.520. The number of carbonyl (C=O) groups is 2. The molecule has 0 N–H and O–H groups in total. The minimum Gasteiger partial charge on any atom is -0.274 e. The Hall–Kier alpha value is -1.64. The van der Waals surface area contributed by atoms with Crippen LogP contribution in [-0.2, 0) is 9.59 Å². The Kier molecular flexibility index (Phi) is 4.50. The number of rotatable bonds is 3. The van der Waals surface area contributed by atoms with Crippen molar-refractivity contribution in [2.75, 3.05) is 0 Å². The Morgan fingerprint density at radius 3 is 2.38 bits per heavy atom. The summed E-state index contributed by atoms with van der Waals surface area (Å²) < 4.78 is 0. The van der Waals surface area contributed by atoms with Gasteiger partial charge in [0.2, 0.25) is 11.8 Å². The molecule has 0 aliphatic carbocycles. The van der Waals surface area contributed by atoms with Gasteiger partial charge in [-0.1, -0.05) is 64.4 Å². The number of carbonyl (C=O) groups excluding carboxylic acids is 2. The molecule has 114 valence electrons. The number of benzene rings is 1. The predicted octanol–water partition coefficient (Wildman–Crippen LogP) is 3.95. The summed E-state index contributed by atoms with van der Waals surface area (Å²) >= 11 is 0. The van der Waals surface area contributed by atoms with Gasteiger partial charge in [0.1, 0.15) is 0 Å². The quantitative estimate of drug-likeness (QED) is 0.844. The predicted molar refractivity (Wildman–Crippen MR) is 83.5 cm³/mol. The van der Waals surface area contributed by atoms with E-state index in [1.54, 1.807) is 0 Å². The Bertz CT molecular complexity index is 516. The molecule has 2 rings (SSSR count). The van der Waals surface area contributed by atoms with Gasteiger partial charge in [-0.3, -0.25) is 14.5 Å². The molecule has 21 heavy (non-hydrogen) atoms. The zero-order chi connectivity index (χ0) is 15.6. The van der Waals surface area contributed by atoms with Gasteiger partial charge in [0.15, 0.2) is 0 Å². The van der Waals surface area contributed by atoms with Crippen LogP contribution in [0.25, 0.3) is 0 Å². The van der Waals surface area contributed by atoms with Gasteiger partial charge in [0, 0.05) is 11.3 Å². The van der Waals surface area contributed by atoms with E-state index in [0.717, 1.165) is 24.8 Å². The molecule has 3 nitrogen and oxygen atoms in total. The SMILES string of the molecule is CCC[C@@H]1C[C@@H](c2ccccc2)N(C(=O)C(C)(C)C)C1=O. The van der Waals surface area contributed by atoms with Crippen molar-refractivity contribution in [1.82, 2.24) is 4.90 Å². The summed E-state index contributed by atoms with van der Waals surface area (Å²) in [6.07, 6.45) is 2.57. The zero-order valence-corrected chi connectivity index (χ0v) is 13.4.